The number of sulfonamides is 1. The average molecular weight is 839 g/mol. The Hall–Kier alpha value is -5.46. The fourth-order valence-corrected chi connectivity index (χ4v) is 8.99. The Labute approximate surface area is 335 Å². The van der Waals surface area contributed by atoms with Crippen LogP contribution in [0.3, 0.4) is 0 Å². The summed E-state index contributed by atoms with van der Waals surface area (Å²) in [5, 5.41) is 6.45. The summed E-state index contributed by atoms with van der Waals surface area (Å²) in [6.07, 6.45) is -2.53. The lowest BCUT2D eigenvalue weighted by atomic mass is 10.0. The first kappa shape index (κ1) is 39.4. The predicted molar refractivity (Wildman–Crippen MR) is 211 cm³/mol. The highest BCUT2D eigenvalue weighted by Gasteiger charge is 2.37. The van der Waals surface area contributed by atoms with E-state index in [1.807, 2.05) is 30.0 Å². The first-order valence-corrected chi connectivity index (χ1v) is 20.7. The number of nitrogens with zero attached hydrogens (tertiary/aromatic N) is 6. The molecule has 5 aromatic rings. The standard InChI is InChI=1S/C39H38ClF3N8O6S/c1-2-32-34(48-14-16-49(17-15-48)36(53)28-5-3-4-6-30(28)47-58(55,56)27-10-11-27)37(54)51-38(45-35(46-51)24-7-8-25-22-57-18-13-23(25)19-24)50(32)21-33(52)44-31-12-9-26(20-29(31)40)39(41,42)43/h3-9,12,19-20,27,47H,2,10-11,13-18,21-22H2,1H3,(H,44,52). The average Bonchev–Trinajstić information content (AvgIpc) is 3.98. The summed E-state index contributed by atoms with van der Waals surface area (Å²) < 4.78 is 76.2. The molecular weight excluding hydrogens is 801 g/mol. The van der Waals surface area contributed by atoms with Crippen molar-refractivity contribution in [3.63, 3.8) is 0 Å². The Morgan fingerprint density at radius 3 is 2.45 bits per heavy atom. The summed E-state index contributed by atoms with van der Waals surface area (Å²) in [5.41, 5.74) is 2.39. The van der Waals surface area contributed by atoms with Crippen molar-refractivity contribution in [1.82, 2.24) is 24.1 Å². The van der Waals surface area contributed by atoms with E-state index in [1.54, 1.807) is 33.7 Å². The highest BCUT2D eigenvalue weighted by atomic mass is 35.5. The van der Waals surface area contributed by atoms with Gasteiger partial charge >= 0.3 is 6.18 Å². The van der Waals surface area contributed by atoms with Crippen LogP contribution in [0.5, 0.6) is 0 Å². The molecule has 3 aliphatic rings. The van der Waals surface area contributed by atoms with Crippen molar-refractivity contribution >= 4 is 56.3 Å². The zero-order chi connectivity index (χ0) is 40.9. The van der Waals surface area contributed by atoms with Crippen LogP contribution in [0.25, 0.3) is 17.2 Å². The fourth-order valence-electron chi connectivity index (χ4n) is 7.36. The maximum atomic E-state index is 14.5. The van der Waals surface area contributed by atoms with Crippen molar-refractivity contribution in [2.75, 3.05) is 47.7 Å². The molecule has 0 bridgehead atoms. The van der Waals surface area contributed by atoms with Crippen molar-refractivity contribution in [1.29, 1.82) is 0 Å². The van der Waals surface area contributed by atoms with Gasteiger partial charge in [-0.1, -0.05) is 42.8 Å². The number of nitrogens with one attached hydrogen (secondary N) is 2. The number of piperazine rings is 1. The van der Waals surface area contributed by atoms with Crippen LogP contribution in [-0.2, 0) is 51.7 Å². The Morgan fingerprint density at radius 1 is 0.983 bits per heavy atom. The molecule has 58 heavy (non-hydrogen) atoms. The van der Waals surface area contributed by atoms with Gasteiger partial charge in [-0.15, -0.1) is 5.10 Å². The fraction of sp³-hybridized carbons (Fsp3) is 0.359. The maximum absolute atomic E-state index is 14.5. The van der Waals surface area contributed by atoms with Gasteiger partial charge in [0, 0.05) is 31.7 Å². The van der Waals surface area contributed by atoms with E-state index >= 15 is 0 Å². The van der Waals surface area contributed by atoms with E-state index in [0.29, 0.717) is 43.7 Å². The third kappa shape index (κ3) is 7.75. The van der Waals surface area contributed by atoms with Gasteiger partial charge in [-0.25, -0.2) is 8.42 Å². The molecule has 0 spiro atoms. The molecule has 304 valence electrons. The van der Waals surface area contributed by atoms with Gasteiger partial charge in [0.1, 0.15) is 12.2 Å². The number of ether oxygens (including phenoxy) is 1. The van der Waals surface area contributed by atoms with Crippen LogP contribution in [0.15, 0.2) is 65.5 Å². The minimum Gasteiger partial charge on any atom is -0.376 e. The summed E-state index contributed by atoms with van der Waals surface area (Å²) in [7, 11) is -3.62. The summed E-state index contributed by atoms with van der Waals surface area (Å²) in [6.45, 7) is 3.28. The summed E-state index contributed by atoms with van der Waals surface area (Å²) in [5.74, 6) is -0.683. The number of benzene rings is 3. The second kappa shape index (κ2) is 15.4. The lowest BCUT2D eigenvalue weighted by Gasteiger charge is -2.37. The number of anilines is 3. The molecule has 3 aromatic carbocycles. The molecule has 2 N–H and O–H groups in total. The van der Waals surface area contributed by atoms with E-state index in [1.165, 1.54) is 0 Å². The zero-order valence-electron chi connectivity index (χ0n) is 31.2. The van der Waals surface area contributed by atoms with Gasteiger partial charge in [0.05, 0.1) is 51.7 Å². The Kier molecular flexibility index (Phi) is 10.4. The monoisotopic (exact) mass is 838 g/mol. The molecule has 1 saturated heterocycles. The Balaban J connectivity index is 1.12. The second-order valence-electron chi connectivity index (χ2n) is 14.4. The van der Waals surface area contributed by atoms with Crippen LogP contribution in [0.4, 0.5) is 30.2 Å². The number of fused-ring (bicyclic) bond motifs is 2. The Bertz CT molecular complexity index is 2620. The molecule has 0 atom stereocenters. The lowest BCUT2D eigenvalue weighted by molar-refractivity contribution is -0.137. The number of amides is 2. The molecule has 0 radical (unpaired) electrons. The molecule has 4 heterocycles. The Morgan fingerprint density at radius 2 is 1.74 bits per heavy atom. The van der Waals surface area contributed by atoms with Crippen LogP contribution in [0.1, 0.15) is 52.5 Å². The molecule has 2 amide bonds. The van der Waals surface area contributed by atoms with Gasteiger partial charge in [0.2, 0.25) is 21.7 Å². The number of rotatable bonds is 10. The van der Waals surface area contributed by atoms with Crippen LogP contribution in [-0.4, -0.2) is 82.3 Å². The van der Waals surface area contributed by atoms with Crippen molar-refractivity contribution in [2.24, 2.45) is 0 Å². The molecule has 2 aromatic heterocycles. The highest BCUT2D eigenvalue weighted by molar-refractivity contribution is 7.93. The van der Waals surface area contributed by atoms with E-state index < -0.39 is 45.0 Å². The number of carbonyl (C=O) groups is 2. The first-order valence-electron chi connectivity index (χ1n) is 18.8. The smallest absolute Gasteiger partial charge is 0.376 e. The van der Waals surface area contributed by atoms with Gasteiger partial charge in [0.25, 0.3) is 11.5 Å². The highest BCUT2D eigenvalue weighted by Crippen LogP contribution is 2.35. The van der Waals surface area contributed by atoms with Gasteiger partial charge in [-0.3, -0.25) is 19.1 Å². The van der Waals surface area contributed by atoms with Crippen LogP contribution in [0, 0.1) is 0 Å². The normalized spacial score (nSPS) is 16.0. The van der Waals surface area contributed by atoms with Crippen LogP contribution < -0.4 is 20.5 Å². The van der Waals surface area contributed by atoms with Gasteiger partial charge in [-0.05, 0) is 73.2 Å². The predicted octanol–water partition coefficient (Wildman–Crippen LogP) is 5.37. The number of hydrogen-bond acceptors (Lipinski definition) is 9. The molecular formula is C39H38ClF3N8O6S. The van der Waals surface area contributed by atoms with Crippen molar-refractivity contribution in [3.05, 3.63) is 104 Å². The number of alkyl halides is 3. The number of aromatic nitrogens is 4. The summed E-state index contributed by atoms with van der Waals surface area (Å²) >= 11 is 6.17. The van der Waals surface area contributed by atoms with E-state index in [2.05, 4.69) is 15.1 Å². The molecule has 2 fully saturated rings. The van der Waals surface area contributed by atoms with E-state index in [9.17, 15) is 36.0 Å². The van der Waals surface area contributed by atoms with E-state index in [-0.39, 0.29) is 77.8 Å². The molecule has 1 saturated carbocycles. The summed E-state index contributed by atoms with van der Waals surface area (Å²) in [6, 6.07) is 14.8. The van der Waals surface area contributed by atoms with Gasteiger partial charge in [0.15, 0.2) is 5.82 Å². The molecule has 2 aliphatic heterocycles. The molecule has 19 heteroatoms. The maximum Gasteiger partial charge on any atom is 0.416 e. The SMILES string of the molecule is CCc1c(N2CCN(C(=O)c3ccccc3NS(=O)(=O)C3CC3)CC2)c(=O)n2nc(-c3ccc4c(c3)CCOC4)nc2n1CC(=O)Nc1ccc(C(F)(F)F)cc1Cl. The third-order valence-electron chi connectivity index (χ3n) is 10.5. The van der Waals surface area contributed by atoms with Crippen LogP contribution in [0.2, 0.25) is 5.02 Å². The van der Waals surface area contributed by atoms with Crippen molar-refractivity contribution in [3.8, 4) is 11.4 Å². The number of halogens is 4. The van der Waals surface area contributed by atoms with Crippen LogP contribution >= 0.6 is 11.6 Å². The molecule has 1 aliphatic carbocycles. The number of hydrogen-bond donors (Lipinski definition) is 2. The molecule has 14 nitrogen and oxygen atoms in total. The van der Waals surface area contributed by atoms with Gasteiger partial charge < -0.3 is 24.4 Å². The van der Waals surface area contributed by atoms with E-state index in [0.717, 1.165) is 33.8 Å². The van der Waals surface area contributed by atoms with E-state index in [4.69, 9.17) is 21.3 Å². The second-order valence-corrected chi connectivity index (χ2v) is 16.8. The minimum absolute atomic E-state index is 0.0297. The third-order valence-corrected chi connectivity index (χ3v) is 12.7. The quantitative estimate of drug-likeness (QED) is 0.189. The zero-order valence-corrected chi connectivity index (χ0v) is 32.8. The largest absolute Gasteiger partial charge is 0.416 e. The topological polar surface area (TPSA) is 160 Å². The van der Waals surface area contributed by atoms with Crippen molar-refractivity contribution < 1.29 is 35.9 Å². The first-order chi connectivity index (χ1) is 27.7. The number of carbonyl (C=O) groups excluding carboxylic acids is 2. The number of para-hydroxylation sites is 1. The van der Waals surface area contributed by atoms with Crippen molar-refractivity contribution in [2.45, 2.75) is 57.2 Å². The molecule has 0 unspecified atom stereocenters. The lowest BCUT2D eigenvalue weighted by Crippen LogP contribution is -2.51. The summed E-state index contributed by atoms with van der Waals surface area (Å²) in [4.78, 5) is 50.2. The van der Waals surface area contributed by atoms with Gasteiger partial charge in [-0.2, -0.15) is 22.7 Å². The minimum atomic E-state index is -4.63. The molecule has 8 rings (SSSR count).